The van der Waals surface area contributed by atoms with Gasteiger partial charge in [-0.05, 0) is 0 Å². The Morgan fingerprint density at radius 2 is 1.38 bits per heavy atom. The SMILES string of the molecule is C=O.C=O.C=O.[C-]1=CC=CC1.[CH3-].[W+2]. The van der Waals surface area contributed by atoms with Gasteiger partial charge in [-0.2, -0.15) is 6.08 Å². The van der Waals surface area contributed by atoms with Gasteiger partial charge in [-0.1, -0.05) is 0 Å². The molecule has 0 aliphatic heterocycles. The Kier molecular flexibility index (Phi) is 151. The maximum absolute atomic E-state index is 8.00. The second-order valence-electron chi connectivity index (χ2n) is 1.00. The molecule has 74 valence electrons. The van der Waals surface area contributed by atoms with Crippen LogP contribution in [0.15, 0.2) is 18.2 Å². The van der Waals surface area contributed by atoms with Crippen LogP contribution in [-0.4, -0.2) is 20.4 Å². The van der Waals surface area contributed by atoms with Crippen LogP contribution in [0.5, 0.6) is 0 Å². The molecule has 1 aliphatic rings. The maximum atomic E-state index is 8.00. The third kappa shape index (κ3) is 53.9. The summed E-state index contributed by atoms with van der Waals surface area (Å²) in [6.07, 6.45) is 10.0. The van der Waals surface area contributed by atoms with Crippen molar-refractivity contribution in [3.05, 3.63) is 31.7 Å². The van der Waals surface area contributed by atoms with E-state index in [1.54, 1.807) is 0 Å². The minimum absolute atomic E-state index is 0. The Labute approximate surface area is 94.2 Å². The van der Waals surface area contributed by atoms with Gasteiger partial charge in [0.15, 0.2) is 0 Å². The Morgan fingerprint density at radius 1 is 1.00 bits per heavy atom. The predicted molar refractivity (Wildman–Crippen MR) is 49.3 cm³/mol. The molecule has 1 aliphatic carbocycles. The molecule has 0 saturated heterocycles. The van der Waals surface area contributed by atoms with Crippen LogP contribution in [0.2, 0.25) is 0 Å². The molecule has 0 aromatic carbocycles. The number of carbonyl (C=O) groups is 3. The van der Waals surface area contributed by atoms with Crippen LogP contribution in [0, 0.1) is 13.5 Å². The predicted octanol–water partition coefficient (Wildman–Crippen LogP) is 1.20. The number of hydrogen-bond acceptors (Lipinski definition) is 3. The topological polar surface area (TPSA) is 51.2 Å². The number of rotatable bonds is 0. The van der Waals surface area contributed by atoms with Crippen LogP contribution in [0.25, 0.3) is 0 Å². The van der Waals surface area contributed by atoms with E-state index in [1.807, 2.05) is 32.5 Å². The van der Waals surface area contributed by atoms with Crippen LogP contribution in [0.4, 0.5) is 0 Å². The minimum atomic E-state index is 0. The number of allylic oxidation sites excluding steroid dienone is 4. The van der Waals surface area contributed by atoms with Crippen molar-refractivity contribution in [1.82, 2.24) is 0 Å². The second-order valence-corrected chi connectivity index (χ2v) is 1.00. The summed E-state index contributed by atoms with van der Waals surface area (Å²) in [4.78, 5) is 24.0. The fourth-order valence-electron chi connectivity index (χ4n) is 0.340. The Bertz CT molecular complexity index is 98.7. The minimum Gasteiger partial charge on any atom is -0.358 e. The zero-order chi connectivity index (χ0) is 9.54. The van der Waals surface area contributed by atoms with Crippen molar-refractivity contribution in [1.29, 1.82) is 0 Å². The van der Waals surface area contributed by atoms with Crippen molar-refractivity contribution >= 4 is 20.4 Å². The summed E-state index contributed by atoms with van der Waals surface area (Å²) in [6, 6.07) is 0. The maximum Gasteiger partial charge on any atom is 2.00 e. The monoisotopic (exact) mass is 354 g/mol. The average Bonchev–Trinajstić information content (AvgIpc) is 2.71. The van der Waals surface area contributed by atoms with Crippen molar-refractivity contribution in [3.8, 4) is 0 Å². The summed E-state index contributed by atoms with van der Waals surface area (Å²) in [5, 5.41) is 0. The third-order valence-corrected chi connectivity index (χ3v) is 0.586. The molecule has 0 fully saturated rings. The second kappa shape index (κ2) is 66.3. The van der Waals surface area contributed by atoms with Crippen molar-refractivity contribution in [2.45, 2.75) is 6.42 Å². The van der Waals surface area contributed by atoms with Gasteiger partial charge in [-0.3, -0.25) is 6.08 Å². The van der Waals surface area contributed by atoms with E-state index in [-0.39, 0.29) is 28.5 Å². The quantitative estimate of drug-likeness (QED) is 0.615. The van der Waals surface area contributed by atoms with Crippen molar-refractivity contribution in [2.24, 2.45) is 0 Å². The first kappa shape index (κ1) is 29.5. The Balaban J connectivity index is -0.0000000239. The summed E-state index contributed by atoms with van der Waals surface area (Å²) in [6.45, 7) is 6.00. The molecule has 0 aromatic heterocycles. The summed E-state index contributed by atoms with van der Waals surface area (Å²) < 4.78 is 0. The molecule has 0 N–H and O–H groups in total. The molecule has 0 heterocycles. The molecular weight excluding hydrogens is 340 g/mol. The normalized spacial score (nSPS) is 7.69. The first-order valence-corrected chi connectivity index (χ1v) is 2.58. The molecule has 0 radical (unpaired) electrons. The molecule has 0 aromatic rings. The van der Waals surface area contributed by atoms with E-state index in [0.29, 0.717) is 0 Å². The van der Waals surface area contributed by atoms with E-state index in [1.165, 1.54) is 0 Å². The molecule has 0 atom stereocenters. The van der Waals surface area contributed by atoms with E-state index in [0.717, 1.165) is 6.42 Å². The van der Waals surface area contributed by atoms with E-state index < -0.39 is 0 Å². The fourth-order valence-corrected chi connectivity index (χ4v) is 0.340. The van der Waals surface area contributed by atoms with Gasteiger partial charge in [0.05, 0.1) is 0 Å². The smallest absolute Gasteiger partial charge is 0.358 e. The van der Waals surface area contributed by atoms with E-state index in [9.17, 15) is 0 Å². The van der Waals surface area contributed by atoms with Crippen LogP contribution < -0.4 is 0 Å². The zero-order valence-corrected chi connectivity index (χ0v) is 10.6. The van der Waals surface area contributed by atoms with Gasteiger partial charge in [0.25, 0.3) is 0 Å². The van der Waals surface area contributed by atoms with Crippen LogP contribution >= 0.6 is 0 Å². The van der Waals surface area contributed by atoms with Gasteiger partial charge >= 0.3 is 21.1 Å². The standard InChI is InChI=1S/C5H5.3CH2O.CH3.W/c1-2-4-5-3-1;3*1-2;;/h1-3H,4H2;3*1H2;1H3;/q-1;;;;-1;+2. The van der Waals surface area contributed by atoms with Gasteiger partial charge in [0.2, 0.25) is 0 Å². The molecule has 0 saturated carbocycles. The average molecular weight is 354 g/mol. The fraction of sp³-hybridized carbons (Fsp3) is 0.111. The Hall–Kier alpha value is -0.822. The third-order valence-electron chi connectivity index (χ3n) is 0.586. The molecule has 4 heteroatoms. The zero-order valence-electron chi connectivity index (χ0n) is 7.69. The van der Waals surface area contributed by atoms with Gasteiger partial charge in [0, 0.05) is 0 Å². The first-order chi connectivity index (χ1) is 5.50. The molecule has 0 unspecified atom stereocenters. The van der Waals surface area contributed by atoms with Gasteiger partial charge < -0.3 is 21.8 Å². The summed E-state index contributed by atoms with van der Waals surface area (Å²) in [5.74, 6) is 0. The van der Waals surface area contributed by atoms with Crippen molar-refractivity contribution in [2.75, 3.05) is 0 Å². The molecule has 0 bridgehead atoms. The van der Waals surface area contributed by atoms with E-state index in [4.69, 9.17) is 14.4 Å². The van der Waals surface area contributed by atoms with Crippen molar-refractivity contribution < 1.29 is 35.4 Å². The van der Waals surface area contributed by atoms with Crippen molar-refractivity contribution in [3.63, 3.8) is 0 Å². The first-order valence-electron chi connectivity index (χ1n) is 2.58. The van der Waals surface area contributed by atoms with Crippen LogP contribution in [0.1, 0.15) is 6.42 Å². The van der Waals surface area contributed by atoms with E-state index >= 15 is 0 Å². The largest absolute Gasteiger partial charge is 2.00 e. The van der Waals surface area contributed by atoms with E-state index in [2.05, 4.69) is 12.2 Å². The summed E-state index contributed by atoms with van der Waals surface area (Å²) in [5.41, 5.74) is 0. The van der Waals surface area contributed by atoms with Gasteiger partial charge in [-0.25, -0.2) is 12.2 Å². The summed E-state index contributed by atoms with van der Waals surface area (Å²) in [7, 11) is 0. The number of carbonyl (C=O) groups excluding carboxylic acids is 3. The van der Waals surface area contributed by atoms with Crippen LogP contribution in [0.3, 0.4) is 0 Å². The van der Waals surface area contributed by atoms with Gasteiger partial charge in [0.1, 0.15) is 20.4 Å². The number of hydrogen-bond donors (Lipinski definition) is 0. The molecule has 13 heavy (non-hydrogen) atoms. The molecule has 1 rings (SSSR count). The molecule has 0 amide bonds. The molecule has 0 spiro atoms. The van der Waals surface area contributed by atoms with Crippen LogP contribution in [-0.2, 0) is 35.4 Å². The Morgan fingerprint density at radius 3 is 1.46 bits per heavy atom. The summed E-state index contributed by atoms with van der Waals surface area (Å²) >= 11 is 0. The molecular formula is C9H14O3W. The molecule has 3 nitrogen and oxygen atoms in total. The van der Waals surface area contributed by atoms with Gasteiger partial charge in [-0.15, -0.1) is 6.42 Å².